The van der Waals surface area contributed by atoms with Gasteiger partial charge in [-0.05, 0) is 39.0 Å². The number of thioether (sulfide) groups is 1. The van der Waals surface area contributed by atoms with Crippen LogP contribution in [0.2, 0.25) is 0 Å². The fraction of sp³-hybridized carbons (Fsp3) is 0.261. The third kappa shape index (κ3) is 3.70. The molecule has 0 spiro atoms. The maximum absolute atomic E-state index is 12.6. The Bertz CT molecular complexity index is 1240. The molecule has 31 heavy (non-hydrogen) atoms. The molecule has 1 aliphatic rings. The van der Waals surface area contributed by atoms with Gasteiger partial charge < -0.3 is 10.1 Å². The van der Waals surface area contributed by atoms with Gasteiger partial charge in [0.25, 0.3) is 0 Å². The number of rotatable bonds is 4. The van der Waals surface area contributed by atoms with E-state index in [0.717, 1.165) is 37.9 Å². The average molecular weight is 451 g/mol. The Morgan fingerprint density at radius 3 is 2.74 bits per heavy atom. The molecule has 1 amide bonds. The van der Waals surface area contributed by atoms with Gasteiger partial charge in [0.1, 0.15) is 11.6 Å². The van der Waals surface area contributed by atoms with Gasteiger partial charge in [-0.2, -0.15) is 9.78 Å². The zero-order valence-electron chi connectivity index (χ0n) is 17.5. The maximum Gasteiger partial charge on any atom is 0.235 e. The SMILES string of the molecule is Cc1nn(-c2nc3ccccc3s2)c2c1[C@H](c1ccccc1OC(C)C)SCC(=O)N2. The van der Waals surface area contributed by atoms with Crippen molar-refractivity contribution in [2.24, 2.45) is 0 Å². The third-order valence-corrected chi connectivity index (χ3v) is 7.30. The van der Waals surface area contributed by atoms with E-state index in [1.54, 1.807) is 27.8 Å². The van der Waals surface area contributed by atoms with Crippen molar-refractivity contribution in [2.75, 3.05) is 11.1 Å². The van der Waals surface area contributed by atoms with E-state index >= 15 is 0 Å². The lowest BCUT2D eigenvalue weighted by molar-refractivity contribution is -0.113. The number of nitrogens with zero attached hydrogens (tertiary/aromatic N) is 3. The molecule has 0 aliphatic carbocycles. The fourth-order valence-electron chi connectivity index (χ4n) is 3.78. The number of fused-ring (bicyclic) bond motifs is 2. The van der Waals surface area contributed by atoms with Gasteiger partial charge in [0.2, 0.25) is 11.0 Å². The smallest absolute Gasteiger partial charge is 0.235 e. The molecule has 0 fully saturated rings. The van der Waals surface area contributed by atoms with E-state index in [2.05, 4.69) is 11.4 Å². The molecule has 1 atom stereocenters. The molecule has 8 heteroatoms. The highest BCUT2D eigenvalue weighted by molar-refractivity contribution is 8.00. The van der Waals surface area contributed by atoms with Crippen molar-refractivity contribution in [1.29, 1.82) is 0 Å². The van der Waals surface area contributed by atoms with Gasteiger partial charge in [0.15, 0.2) is 0 Å². The fourth-order valence-corrected chi connectivity index (χ4v) is 5.91. The lowest BCUT2D eigenvalue weighted by Gasteiger charge is -2.20. The normalized spacial score (nSPS) is 16.3. The molecular weight excluding hydrogens is 428 g/mol. The van der Waals surface area contributed by atoms with E-state index < -0.39 is 0 Å². The Morgan fingerprint density at radius 1 is 1.16 bits per heavy atom. The number of carbonyl (C=O) groups excluding carboxylic acids is 1. The van der Waals surface area contributed by atoms with Crippen molar-refractivity contribution in [2.45, 2.75) is 32.1 Å². The van der Waals surface area contributed by atoms with E-state index in [-0.39, 0.29) is 17.3 Å². The first-order chi connectivity index (χ1) is 15.0. The number of hydrogen-bond donors (Lipinski definition) is 1. The number of aromatic nitrogens is 3. The Labute approximate surface area is 188 Å². The topological polar surface area (TPSA) is 69.0 Å². The Hall–Kier alpha value is -2.84. The van der Waals surface area contributed by atoms with Crippen molar-refractivity contribution in [1.82, 2.24) is 14.8 Å². The molecular formula is C23H22N4O2S2. The molecule has 2 aromatic heterocycles. The number of aryl methyl sites for hydroxylation is 1. The van der Waals surface area contributed by atoms with E-state index in [9.17, 15) is 4.79 Å². The summed E-state index contributed by atoms with van der Waals surface area (Å²) in [6, 6.07) is 16.1. The van der Waals surface area contributed by atoms with Gasteiger partial charge in [0.05, 0.1) is 33.0 Å². The molecule has 0 unspecified atom stereocenters. The molecule has 0 bridgehead atoms. The quantitative estimate of drug-likeness (QED) is 0.454. The molecule has 2 aromatic carbocycles. The van der Waals surface area contributed by atoms with Crippen LogP contribution in [0.5, 0.6) is 5.75 Å². The number of anilines is 1. The van der Waals surface area contributed by atoms with Gasteiger partial charge in [-0.3, -0.25) is 4.79 Å². The number of thiazole rings is 1. The standard InChI is InChI=1S/C23H22N4O2S2/c1-13(2)29-17-10-6-4-8-15(17)21-20-14(3)26-27(22(20)25-19(28)12-30-21)23-24-16-9-5-7-11-18(16)31-23/h4-11,13,21H,12H2,1-3H3,(H,25,28)/t21-/m0/s1. The van der Waals surface area contributed by atoms with E-state index in [1.807, 2.05) is 63.2 Å². The van der Waals surface area contributed by atoms with Crippen molar-refractivity contribution in [3.8, 4) is 10.9 Å². The summed E-state index contributed by atoms with van der Waals surface area (Å²) in [4.78, 5) is 17.4. The minimum absolute atomic E-state index is 0.0433. The number of nitrogens with one attached hydrogen (secondary N) is 1. The van der Waals surface area contributed by atoms with E-state index in [4.69, 9.17) is 14.8 Å². The van der Waals surface area contributed by atoms with Crippen molar-refractivity contribution < 1.29 is 9.53 Å². The summed E-state index contributed by atoms with van der Waals surface area (Å²) in [7, 11) is 0. The van der Waals surface area contributed by atoms with Crippen LogP contribution in [0.4, 0.5) is 5.82 Å². The third-order valence-electron chi connectivity index (χ3n) is 5.04. The van der Waals surface area contributed by atoms with Crippen LogP contribution in [0.3, 0.4) is 0 Å². The highest BCUT2D eigenvalue weighted by atomic mass is 32.2. The van der Waals surface area contributed by atoms with Gasteiger partial charge in [-0.25, -0.2) is 4.98 Å². The summed E-state index contributed by atoms with van der Waals surface area (Å²) >= 11 is 3.15. The van der Waals surface area contributed by atoms with Crippen LogP contribution in [0.1, 0.15) is 35.9 Å². The van der Waals surface area contributed by atoms with Crippen LogP contribution in [0.25, 0.3) is 15.3 Å². The Morgan fingerprint density at radius 2 is 1.94 bits per heavy atom. The summed E-state index contributed by atoms with van der Waals surface area (Å²) in [6.45, 7) is 6.02. The van der Waals surface area contributed by atoms with Crippen LogP contribution in [0, 0.1) is 6.92 Å². The molecule has 5 rings (SSSR count). The van der Waals surface area contributed by atoms with Crippen LogP contribution >= 0.6 is 23.1 Å². The number of amides is 1. The second-order valence-corrected chi connectivity index (χ2v) is 9.77. The second kappa shape index (κ2) is 8.01. The van der Waals surface area contributed by atoms with Gasteiger partial charge in [0, 0.05) is 11.1 Å². The predicted octanol–water partition coefficient (Wildman–Crippen LogP) is 5.35. The van der Waals surface area contributed by atoms with Gasteiger partial charge in [-0.15, -0.1) is 11.8 Å². The minimum Gasteiger partial charge on any atom is -0.491 e. The minimum atomic E-state index is -0.0768. The molecule has 6 nitrogen and oxygen atoms in total. The highest BCUT2D eigenvalue weighted by Crippen LogP contribution is 2.47. The highest BCUT2D eigenvalue weighted by Gasteiger charge is 2.32. The number of ether oxygens (including phenoxy) is 1. The van der Waals surface area contributed by atoms with Crippen LogP contribution in [-0.2, 0) is 4.79 Å². The van der Waals surface area contributed by atoms with E-state index in [0.29, 0.717) is 11.6 Å². The van der Waals surface area contributed by atoms with E-state index in [1.165, 1.54) is 0 Å². The summed E-state index contributed by atoms with van der Waals surface area (Å²) in [5.41, 5.74) is 3.83. The second-order valence-electron chi connectivity index (χ2n) is 7.67. The Balaban J connectivity index is 1.67. The average Bonchev–Trinajstić information content (AvgIpc) is 3.25. The Kier molecular flexibility index (Phi) is 5.19. The number of carbonyl (C=O) groups is 1. The molecule has 3 heterocycles. The first-order valence-electron chi connectivity index (χ1n) is 10.1. The number of benzene rings is 2. The summed E-state index contributed by atoms with van der Waals surface area (Å²) in [5.74, 6) is 1.84. The van der Waals surface area contributed by atoms with Crippen molar-refractivity contribution >= 4 is 45.0 Å². The van der Waals surface area contributed by atoms with Gasteiger partial charge in [-0.1, -0.05) is 41.7 Å². The summed E-state index contributed by atoms with van der Waals surface area (Å²) < 4.78 is 8.96. The molecule has 0 radical (unpaired) electrons. The molecule has 4 aromatic rings. The van der Waals surface area contributed by atoms with Crippen LogP contribution < -0.4 is 10.1 Å². The molecule has 1 N–H and O–H groups in total. The zero-order valence-corrected chi connectivity index (χ0v) is 19.1. The van der Waals surface area contributed by atoms with Gasteiger partial charge >= 0.3 is 0 Å². The first-order valence-corrected chi connectivity index (χ1v) is 12.0. The summed E-state index contributed by atoms with van der Waals surface area (Å²) in [5, 5.41) is 8.54. The molecule has 0 saturated heterocycles. The molecule has 1 aliphatic heterocycles. The lowest BCUT2D eigenvalue weighted by atomic mass is 10.0. The van der Waals surface area contributed by atoms with Crippen LogP contribution in [-0.4, -0.2) is 32.5 Å². The van der Waals surface area contributed by atoms with Crippen molar-refractivity contribution in [3.63, 3.8) is 0 Å². The maximum atomic E-state index is 12.6. The summed E-state index contributed by atoms with van der Waals surface area (Å²) in [6.07, 6.45) is 0.0581. The number of para-hydroxylation sites is 2. The largest absolute Gasteiger partial charge is 0.491 e. The van der Waals surface area contributed by atoms with Crippen LogP contribution in [0.15, 0.2) is 48.5 Å². The number of hydrogen-bond acceptors (Lipinski definition) is 6. The monoisotopic (exact) mass is 450 g/mol. The molecule has 158 valence electrons. The zero-order chi connectivity index (χ0) is 21.5. The lowest BCUT2D eigenvalue weighted by Crippen LogP contribution is -2.15. The molecule has 0 saturated carbocycles. The first kappa shape index (κ1) is 20.1. The predicted molar refractivity (Wildman–Crippen MR) is 127 cm³/mol. The van der Waals surface area contributed by atoms with Crippen molar-refractivity contribution in [3.05, 3.63) is 65.4 Å².